The number of halogens is 1. The number of nitrogens with one attached hydrogen (secondary N) is 1. The highest BCUT2D eigenvalue weighted by Crippen LogP contribution is 2.23. The van der Waals surface area contributed by atoms with E-state index in [0.29, 0.717) is 6.42 Å². The maximum Gasteiger partial charge on any atom is 0.218 e. The van der Waals surface area contributed by atoms with Gasteiger partial charge in [0.25, 0.3) is 0 Å². The summed E-state index contributed by atoms with van der Waals surface area (Å²) in [6.07, 6.45) is 0.356. The zero-order chi connectivity index (χ0) is 12.1. The van der Waals surface area contributed by atoms with Gasteiger partial charge in [0.2, 0.25) is 5.91 Å². The standard InChI is InChI=1S/C12H17BrN2O/c1-8(7-12(14)16)15-9(2)10-5-3-4-6-11(10)13/h3-6,8-9,15H,7H2,1-2H3,(H2,14,16). The van der Waals surface area contributed by atoms with Gasteiger partial charge in [-0.3, -0.25) is 4.79 Å². The zero-order valence-electron chi connectivity index (χ0n) is 9.53. The molecule has 0 radical (unpaired) electrons. The largest absolute Gasteiger partial charge is 0.370 e. The highest BCUT2D eigenvalue weighted by Gasteiger charge is 2.12. The number of rotatable bonds is 5. The second kappa shape index (κ2) is 6.01. The van der Waals surface area contributed by atoms with Gasteiger partial charge in [0.05, 0.1) is 0 Å². The Hall–Kier alpha value is -0.870. The molecule has 1 aromatic carbocycles. The lowest BCUT2D eigenvalue weighted by Gasteiger charge is -2.20. The van der Waals surface area contributed by atoms with Crippen molar-refractivity contribution in [3.05, 3.63) is 34.3 Å². The molecule has 0 spiro atoms. The Labute approximate surface area is 105 Å². The van der Waals surface area contributed by atoms with Gasteiger partial charge in [-0.15, -0.1) is 0 Å². The molecule has 3 N–H and O–H groups in total. The molecule has 0 aliphatic rings. The molecule has 0 bridgehead atoms. The summed E-state index contributed by atoms with van der Waals surface area (Å²) in [5, 5.41) is 3.34. The molecule has 2 atom stereocenters. The highest BCUT2D eigenvalue weighted by molar-refractivity contribution is 9.10. The first kappa shape index (κ1) is 13.2. The van der Waals surface area contributed by atoms with Crippen LogP contribution in [0.25, 0.3) is 0 Å². The minimum atomic E-state index is -0.278. The molecule has 1 amide bonds. The quantitative estimate of drug-likeness (QED) is 0.872. The van der Waals surface area contributed by atoms with Crippen LogP contribution < -0.4 is 11.1 Å². The topological polar surface area (TPSA) is 55.1 Å². The van der Waals surface area contributed by atoms with Crippen LogP contribution in [-0.4, -0.2) is 11.9 Å². The lowest BCUT2D eigenvalue weighted by atomic mass is 10.1. The van der Waals surface area contributed by atoms with Crippen LogP contribution in [0.1, 0.15) is 31.9 Å². The van der Waals surface area contributed by atoms with Crippen LogP contribution in [0.5, 0.6) is 0 Å². The monoisotopic (exact) mass is 284 g/mol. The van der Waals surface area contributed by atoms with Crippen molar-refractivity contribution in [2.24, 2.45) is 5.73 Å². The number of carbonyl (C=O) groups excluding carboxylic acids is 1. The normalized spacial score (nSPS) is 14.4. The number of nitrogens with two attached hydrogens (primary N) is 1. The lowest BCUT2D eigenvalue weighted by molar-refractivity contribution is -0.118. The first-order chi connectivity index (χ1) is 7.50. The van der Waals surface area contributed by atoms with Crippen molar-refractivity contribution in [3.8, 4) is 0 Å². The molecule has 2 unspecified atom stereocenters. The number of carbonyl (C=O) groups is 1. The van der Waals surface area contributed by atoms with Crippen LogP contribution in [0.3, 0.4) is 0 Å². The minimum absolute atomic E-state index is 0.0830. The second-order valence-electron chi connectivity index (χ2n) is 3.98. The summed E-state index contributed by atoms with van der Waals surface area (Å²) in [6, 6.07) is 8.30. The van der Waals surface area contributed by atoms with Crippen molar-refractivity contribution < 1.29 is 4.79 Å². The van der Waals surface area contributed by atoms with E-state index in [2.05, 4.69) is 34.2 Å². The number of hydrogen-bond donors (Lipinski definition) is 2. The van der Waals surface area contributed by atoms with Crippen molar-refractivity contribution in [3.63, 3.8) is 0 Å². The van der Waals surface area contributed by atoms with Crippen LogP contribution in [0.4, 0.5) is 0 Å². The highest BCUT2D eigenvalue weighted by atomic mass is 79.9. The Balaban J connectivity index is 2.62. The maximum atomic E-state index is 10.8. The molecule has 3 nitrogen and oxygen atoms in total. The van der Waals surface area contributed by atoms with E-state index in [9.17, 15) is 4.79 Å². The fourth-order valence-electron chi connectivity index (χ4n) is 1.70. The van der Waals surface area contributed by atoms with Gasteiger partial charge in [-0.25, -0.2) is 0 Å². The molecule has 1 rings (SSSR count). The summed E-state index contributed by atoms with van der Waals surface area (Å²) in [7, 11) is 0. The van der Waals surface area contributed by atoms with Gasteiger partial charge in [-0.05, 0) is 25.5 Å². The van der Waals surface area contributed by atoms with E-state index in [-0.39, 0.29) is 18.0 Å². The van der Waals surface area contributed by atoms with E-state index < -0.39 is 0 Å². The minimum Gasteiger partial charge on any atom is -0.370 e. The van der Waals surface area contributed by atoms with E-state index in [4.69, 9.17) is 5.73 Å². The fourth-order valence-corrected chi connectivity index (χ4v) is 2.33. The van der Waals surface area contributed by atoms with Crippen molar-refractivity contribution >= 4 is 21.8 Å². The summed E-state index contributed by atoms with van der Waals surface area (Å²) in [6.45, 7) is 4.02. The average Bonchev–Trinajstić information content (AvgIpc) is 2.16. The van der Waals surface area contributed by atoms with Crippen LogP contribution in [0, 0.1) is 0 Å². The van der Waals surface area contributed by atoms with E-state index in [1.807, 2.05) is 25.1 Å². The molecule has 1 aromatic rings. The third kappa shape index (κ3) is 3.94. The molecular formula is C12H17BrN2O. The van der Waals surface area contributed by atoms with Crippen LogP contribution in [-0.2, 0) is 4.79 Å². The molecule has 88 valence electrons. The van der Waals surface area contributed by atoms with Crippen molar-refractivity contribution in [1.82, 2.24) is 5.32 Å². The van der Waals surface area contributed by atoms with Crippen molar-refractivity contribution in [2.75, 3.05) is 0 Å². The molecule has 0 aliphatic heterocycles. The maximum absolute atomic E-state index is 10.8. The number of hydrogen-bond acceptors (Lipinski definition) is 2. The first-order valence-corrected chi connectivity index (χ1v) is 6.08. The summed E-state index contributed by atoms with van der Waals surface area (Å²) >= 11 is 3.51. The van der Waals surface area contributed by atoms with Gasteiger partial charge in [0.15, 0.2) is 0 Å². The molecule has 0 saturated heterocycles. The Kier molecular flexibility index (Phi) is 4.96. The first-order valence-electron chi connectivity index (χ1n) is 5.29. The molecule has 16 heavy (non-hydrogen) atoms. The molecule has 0 aromatic heterocycles. The van der Waals surface area contributed by atoms with Crippen LogP contribution >= 0.6 is 15.9 Å². The molecule has 0 saturated carbocycles. The van der Waals surface area contributed by atoms with Crippen LogP contribution in [0.15, 0.2) is 28.7 Å². The Morgan fingerprint density at radius 1 is 1.44 bits per heavy atom. The molecule has 0 fully saturated rings. The number of amides is 1. The SMILES string of the molecule is CC(CC(N)=O)NC(C)c1ccccc1Br. The van der Waals surface area contributed by atoms with Gasteiger partial charge in [0, 0.05) is 23.0 Å². The third-order valence-electron chi connectivity index (χ3n) is 2.41. The Morgan fingerprint density at radius 2 is 2.06 bits per heavy atom. The predicted molar refractivity (Wildman–Crippen MR) is 69.0 cm³/mol. The summed E-state index contributed by atoms with van der Waals surface area (Å²) in [4.78, 5) is 10.8. The summed E-state index contributed by atoms with van der Waals surface area (Å²) < 4.78 is 1.07. The van der Waals surface area contributed by atoms with Gasteiger partial charge < -0.3 is 11.1 Å². The molecule has 0 heterocycles. The molecule has 4 heteroatoms. The van der Waals surface area contributed by atoms with Gasteiger partial charge in [-0.1, -0.05) is 34.1 Å². The Bertz CT molecular complexity index is 368. The summed E-state index contributed by atoms with van der Waals surface area (Å²) in [5.41, 5.74) is 6.33. The number of benzene rings is 1. The van der Waals surface area contributed by atoms with Gasteiger partial charge in [0.1, 0.15) is 0 Å². The van der Waals surface area contributed by atoms with Gasteiger partial charge >= 0.3 is 0 Å². The van der Waals surface area contributed by atoms with E-state index in [0.717, 1.165) is 4.47 Å². The Morgan fingerprint density at radius 3 is 2.62 bits per heavy atom. The predicted octanol–water partition coefficient (Wildman–Crippen LogP) is 2.36. The summed E-state index contributed by atoms with van der Waals surface area (Å²) in [5.74, 6) is -0.278. The fraction of sp³-hybridized carbons (Fsp3) is 0.417. The van der Waals surface area contributed by atoms with E-state index in [1.165, 1.54) is 5.56 Å². The van der Waals surface area contributed by atoms with Gasteiger partial charge in [-0.2, -0.15) is 0 Å². The average molecular weight is 285 g/mol. The zero-order valence-corrected chi connectivity index (χ0v) is 11.1. The van der Waals surface area contributed by atoms with Crippen molar-refractivity contribution in [1.29, 1.82) is 0 Å². The van der Waals surface area contributed by atoms with Crippen molar-refractivity contribution in [2.45, 2.75) is 32.4 Å². The molecule has 0 aliphatic carbocycles. The number of primary amides is 1. The second-order valence-corrected chi connectivity index (χ2v) is 4.84. The lowest BCUT2D eigenvalue weighted by Crippen LogP contribution is -2.33. The smallest absolute Gasteiger partial charge is 0.218 e. The molecular weight excluding hydrogens is 268 g/mol. The van der Waals surface area contributed by atoms with Crippen LogP contribution in [0.2, 0.25) is 0 Å². The van der Waals surface area contributed by atoms with E-state index in [1.54, 1.807) is 0 Å². The third-order valence-corrected chi connectivity index (χ3v) is 3.14. The van der Waals surface area contributed by atoms with E-state index >= 15 is 0 Å².